The third kappa shape index (κ3) is 7.76. The number of aromatic amines is 1. The number of aliphatic hydroxyl groups is 1. The van der Waals surface area contributed by atoms with Crippen molar-refractivity contribution in [3.8, 4) is 0 Å². The molecule has 38 heavy (non-hydrogen) atoms. The zero-order valence-electron chi connectivity index (χ0n) is 21.5. The maximum Gasteiger partial charge on any atom is 0.326 e. The highest BCUT2D eigenvalue weighted by Gasteiger charge is 2.33. The van der Waals surface area contributed by atoms with Gasteiger partial charge in [0.2, 0.25) is 17.7 Å². The molecule has 1 fully saturated rings. The fraction of sp³-hybridized carbons (Fsp3) is 0.538. The van der Waals surface area contributed by atoms with E-state index in [2.05, 4.69) is 26.3 Å². The van der Waals surface area contributed by atoms with Gasteiger partial charge in [-0.2, -0.15) is 0 Å². The number of nitrogens with two attached hydrogens (primary N) is 1. The Labute approximate surface area is 221 Å². The van der Waals surface area contributed by atoms with Gasteiger partial charge in [-0.05, 0) is 63.7 Å². The number of aliphatic hydroxyl groups excluding tert-OH is 1. The smallest absolute Gasteiger partial charge is 0.326 e. The molecule has 208 valence electrons. The van der Waals surface area contributed by atoms with Crippen molar-refractivity contribution in [3.63, 3.8) is 0 Å². The van der Waals surface area contributed by atoms with Gasteiger partial charge in [-0.3, -0.25) is 14.4 Å². The Morgan fingerprint density at radius 3 is 2.47 bits per heavy atom. The van der Waals surface area contributed by atoms with Crippen LogP contribution in [0.5, 0.6) is 0 Å². The van der Waals surface area contributed by atoms with E-state index in [1.54, 1.807) is 6.20 Å². The monoisotopic (exact) mass is 530 g/mol. The summed E-state index contributed by atoms with van der Waals surface area (Å²) in [6.07, 6.45) is 3.30. The lowest BCUT2D eigenvalue weighted by atomic mass is 10.0. The number of hydrogen-bond acceptors (Lipinski definition) is 7. The van der Waals surface area contributed by atoms with Crippen LogP contribution in [0.2, 0.25) is 0 Å². The molecule has 2 heterocycles. The minimum Gasteiger partial charge on any atom is -0.480 e. The molecule has 2 aromatic rings. The molecule has 5 unspecified atom stereocenters. The van der Waals surface area contributed by atoms with Gasteiger partial charge in [0.05, 0.1) is 12.1 Å². The molecule has 9 N–H and O–H groups in total. The van der Waals surface area contributed by atoms with E-state index >= 15 is 0 Å². The van der Waals surface area contributed by atoms with Gasteiger partial charge in [0, 0.05) is 23.5 Å². The highest BCUT2D eigenvalue weighted by molar-refractivity contribution is 5.95. The van der Waals surface area contributed by atoms with E-state index in [0.29, 0.717) is 32.4 Å². The Bertz CT molecular complexity index is 1110. The van der Waals surface area contributed by atoms with Crippen LogP contribution in [0.3, 0.4) is 0 Å². The van der Waals surface area contributed by atoms with E-state index < -0.39 is 54.0 Å². The molecule has 1 saturated heterocycles. The fourth-order valence-electron chi connectivity index (χ4n) is 4.58. The topological polar surface area (TPSA) is 199 Å². The molecule has 1 aromatic carbocycles. The van der Waals surface area contributed by atoms with Crippen molar-refractivity contribution in [2.45, 2.75) is 75.7 Å². The Morgan fingerprint density at radius 2 is 1.82 bits per heavy atom. The minimum absolute atomic E-state index is 0.0569. The Morgan fingerprint density at radius 1 is 1.08 bits per heavy atom. The predicted molar refractivity (Wildman–Crippen MR) is 141 cm³/mol. The standard InChI is InChI=1S/C26H38N6O6/c1-15(33)22(32-23(34)19-10-6-12-28-19)25(36)31-21(13-16-14-29-18-8-3-2-7-17(16)18)24(35)30-20(26(37)38)9-4-5-11-27/h2-3,7-8,14-15,19-22,28-29,33H,4-6,9-13,27H2,1H3,(H,30,35)(H,31,36)(H,32,34)(H,37,38). The number of carboxylic acids is 1. The van der Waals surface area contributed by atoms with Crippen LogP contribution in [0.25, 0.3) is 10.9 Å². The fourth-order valence-corrected chi connectivity index (χ4v) is 4.58. The summed E-state index contributed by atoms with van der Waals surface area (Å²) < 4.78 is 0. The lowest BCUT2D eigenvalue weighted by molar-refractivity contribution is -0.142. The second-order valence-corrected chi connectivity index (χ2v) is 9.68. The van der Waals surface area contributed by atoms with Crippen molar-refractivity contribution in [1.29, 1.82) is 0 Å². The number of unbranched alkanes of at least 4 members (excludes halogenated alkanes) is 1. The summed E-state index contributed by atoms with van der Waals surface area (Å²) in [5, 5.41) is 31.5. The normalized spacial score (nSPS) is 18.3. The molecular formula is C26H38N6O6. The molecule has 1 aromatic heterocycles. The number of H-pyrrole nitrogens is 1. The number of carbonyl (C=O) groups excluding carboxylic acids is 3. The number of nitrogens with one attached hydrogen (secondary N) is 5. The number of aliphatic carboxylic acids is 1. The molecule has 0 aliphatic carbocycles. The number of hydrogen-bond donors (Lipinski definition) is 8. The molecule has 1 aliphatic heterocycles. The van der Waals surface area contributed by atoms with Gasteiger partial charge in [-0.15, -0.1) is 0 Å². The predicted octanol–water partition coefficient (Wildman–Crippen LogP) is -0.489. The van der Waals surface area contributed by atoms with Crippen molar-refractivity contribution in [1.82, 2.24) is 26.3 Å². The molecular weight excluding hydrogens is 492 g/mol. The number of rotatable bonds is 14. The third-order valence-corrected chi connectivity index (χ3v) is 6.73. The Hall–Kier alpha value is -3.48. The maximum absolute atomic E-state index is 13.3. The number of fused-ring (bicyclic) bond motifs is 1. The maximum atomic E-state index is 13.3. The molecule has 12 nitrogen and oxygen atoms in total. The van der Waals surface area contributed by atoms with E-state index in [1.807, 2.05) is 24.3 Å². The lowest BCUT2D eigenvalue weighted by Crippen LogP contribution is -2.60. The van der Waals surface area contributed by atoms with Crippen molar-refractivity contribution in [2.75, 3.05) is 13.1 Å². The van der Waals surface area contributed by atoms with Crippen LogP contribution in [0.15, 0.2) is 30.5 Å². The molecule has 3 amide bonds. The summed E-state index contributed by atoms with van der Waals surface area (Å²) in [6, 6.07) is 3.38. The number of carboxylic acid groups (broad SMARTS) is 1. The Balaban J connectivity index is 1.80. The van der Waals surface area contributed by atoms with Crippen LogP contribution in [0.1, 0.15) is 44.6 Å². The van der Waals surface area contributed by atoms with Crippen LogP contribution < -0.4 is 27.0 Å². The first-order valence-electron chi connectivity index (χ1n) is 13.0. The van der Waals surface area contributed by atoms with Gasteiger partial charge in [0.15, 0.2) is 0 Å². The summed E-state index contributed by atoms with van der Waals surface area (Å²) in [5.41, 5.74) is 7.09. The van der Waals surface area contributed by atoms with E-state index in [4.69, 9.17) is 5.73 Å². The molecule has 0 saturated carbocycles. The first-order valence-corrected chi connectivity index (χ1v) is 13.0. The van der Waals surface area contributed by atoms with Gasteiger partial charge in [0.25, 0.3) is 0 Å². The lowest BCUT2D eigenvalue weighted by Gasteiger charge is -2.26. The SMILES string of the molecule is CC(O)C(NC(=O)C1CCCN1)C(=O)NC(Cc1c[nH]c2ccccc12)C(=O)NC(CCCCN)C(=O)O. The van der Waals surface area contributed by atoms with Crippen LogP contribution in [0.4, 0.5) is 0 Å². The van der Waals surface area contributed by atoms with E-state index in [0.717, 1.165) is 22.9 Å². The van der Waals surface area contributed by atoms with Gasteiger partial charge >= 0.3 is 5.97 Å². The van der Waals surface area contributed by atoms with E-state index in [1.165, 1.54) is 6.92 Å². The number of amides is 3. The molecule has 0 radical (unpaired) electrons. The molecule has 0 bridgehead atoms. The van der Waals surface area contributed by atoms with Crippen LogP contribution in [-0.4, -0.2) is 82.2 Å². The average Bonchev–Trinajstić information content (AvgIpc) is 3.56. The quantitative estimate of drug-likeness (QED) is 0.150. The molecule has 12 heteroatoms. The van der Waals surface area contributed by atoms with Gasteiger partial charge in [-0.1, -0.05) is 18.2 Å². The highest BCUT2D eigenvalue weighted by atomic mass is 16.4. The van der Waals surface area contributed by atoms with Crippen LogP contribution in [0, 0.1) is 0 Å². The van der Waals surface area contributed by atoms with Crippen molar-refractivity contribution in [3.05, 3.63) is 36.0 Å². The van der Waals surface area contributed by atoms with Crippen molar-refractivity contribution >= 4 is 34.6 Å². The zero-order chi connectivity index (χ0) is 27.7. The molecule has 0 spiro atoms. The zero-order valence-corrected chi connectivity index (χ0v) is 21.5. The molecule has 3 rings (SSSR count). The number of carbonyl (C=O) groups is 4. The Kier molecular flexibility index (Phi) is 10.6. The first-order chi connectivity index (χ1) is 18.2. The summed E-state index contributed by atoms with van der Waals surface area (Å²) >= 11 is 0. The summed E-state index contributed by atoms with van der Waals surface area (Å²) in [7, 11) is 0. The third-order valence-electron chi connectivity index (χ3n) is 6.73. The molecule has 1 aliphatic rings. The minimum atomic E-state index is -1.30. The first kappa shape index (κ1) is 29.1. The highest BCUT2D eigenvalue weighted by Crippen LogP contribution is 2.19. The largest absolute Gasteiger partial charge is 0.480 e. The van der Waals surface area contributed by atoms with Gasteiger partial charge < -0.3 is 42.2 Å². The van der Waals surface area contributed by atoms with Crippen molar-refractivity contribution < 1.29 is 29.4 Å². The van der Waals surface area contributed by atoms with Gasteiger partial charge in [0.1, 0.15) is 18.1 Å². The van der Waals surface area contributed by atoms with Crippen LogP contribution in [-0.2, 0) is 25.6 Å². The number of benzene rings is 1. The second kappa shape index (κ2) is 13.9. The summed E-state index contributed by atoms with van der Waals surface area (Å²) in [5.74, 6) is -3.03. The number of para-hydroxylation sites is 1. The summed E-state index contributed by atoms with van der Waals surface area (Å²) in [4.78, 5) is 54.1. The van der Waals surface area contributed by atoms with Crippen LogP contribution >= 0.6 is 0 Å². The van der Waals surface area contributed by atoms with Crippen molar-refractivity contribution in [2.24, 2.45) is 5.73 Å². The van der Waals surface area contributed by atoms with E-state index in [9.17, 15) is 29.4 Å². The summed E-state index contributed by atoms with van der Waals surface area (Å²) in [6.45, 7) is 2.47. The number of aromatic nitrogens is 1. The average molecular weight is 531 g/mol. The van der Waals surface area contributed by atoms with Gasteiger partial charge in [-0.25, -0.2) is 4.79 Å². The second-order valence-electron chi connectivity index (χ2n) is 9.68. The molecule has 5 atom stereocenters. The van der Waals surface area contributed by atoms with E-state index in [-0.39, 0.29) is 12.8 Å².